The minimum atomic E-state index is -0.313. The van der Waals surface area contributed by atoms with Gasteiger partial charge in [0.15, 0.2) is 0 Å². The summed E-state index contributed by atoms with van der Waals surface area (Å²) in [7, 11) is 0. The maximum atomic E-state index is 13.0. The van der Waals surface area contributed by atoms with E-state index in [0.29, 0.717) is 17.9 Å². The third-order valence-corrected chi connectivity index (χ3v) is 5.49. The van der Waals surface area contributed by atoms with Gasteiger partial charge in [0.2, 0.25) is 5.91 Å². The van der Waals surface area contributed by atoms with Gasteiger partial charge in [0.1, 0.15) is 11.9 Å². The molecule has 0 spiro atoms. The lowest BCUT2D eigenvalue weighted by Crippen LogP contribution is -2.37. The van der Waals surface area contributed by atoms with Crippen LogP contribution in [0.25, 0.3) is 11.0 Å². The lowest BCUT2D eigenvalue weighted by Gasteiger charge is -2.22. The largest absolute Gasteiger partial charge is 0.352 e. The van der Waals surface area contributed by atoms with Gasteiger partial charge < -0.3 is 9.88 Å². The number of benzene rings is 2. The summed E-state index contributed by atoms with van der Waals surface area (Å²) in [6.45, 7) is 10.2. The number of rotatable bonds is 6. The predicted molar refractivity (Wildman–Crippen MR) is 116 cm³/mol. The van der Waals surface area contributed by atoms with Crippen molar-refractivity contribution in [3.05, 3.63) is 63.9 Å². The number of imidazole rings is 1. The Kier molecular flexibility index (Phi) is 6.09. The molecule has 0 fully saturated rings. The van der Waals surface area contributed by atoms with E-state index in [1.807, 2.05) is 45.0 Å². The van der Waals surface area contributed by atoms with Crippen molar-refractivity contribution in [3.63, 3.8) is 0 Å². The molecule has 28 heavy (non-hydrogen) atoms. The first kappa shape index (κ1) is 20.4. The van der Waals surface area contributed by atoms with Crippen molar-refractivity contribution in [2.75, 3.05) is 0 Å². The summed E-state index contributed by atoms with van der Waals surface area (Å²) in [5, 5.41) is 3.78. The van der Waals surface area contributed by atoms with Gasteiger partial charge in [0, 0.05) is 17.5 Å². The van der Waals surface area contributed by atoms with Gasteiger partial charge in [-0.15, -0.1) is 0 Å². The minimum Gasteiger partial charge on any atom is -0.352 e. The first-order chi connectivity index (χ1) is 13.3. The van der Waals surface area contributed by atoms with Gasteiger partial charge >= 0.3 is 0 Å². The molecule has 0 unspecified atom stereocenters. The Hall–Kier alpha value is -2.33. The third-order valence-electron chi connectivity index (χ3n) is 5.12. The van der Waals surface area contributed by atoms with Crippen molar-refractivity contribution in [3.8, 4) is 0 Å². The fourth-order valence-corrected chi connectivity index (χ4v) is 3.75. The third kappa shape index (κ3) is 4.07. The second-order valence-corrected chi connectivity index (χ2v) is 8.09. The Morgan fingerprint density at radius 1 is 1.18 bits per heavy atom. The molecule has 1 atom stereocenters. The maximum Gasteiger partial charge on any atom is 0.243 e. The van der Waals surface area contributed by atoms with Gasteiger partial charge in [0.25, 0.3) is 0 Å². The summed E-state index contributed by atoms with van der Waals surface area (Å²) in [4.78, 5) is 17.9. The highest BCUT2D eigenvalue weighted by molar-refractivity contribution is 6.31. The average molecular weight is 398 g/mol. The summed E-state index contributed by atoms with van der Waals surface area (Å²) in [5.41, 5.74) is 5.31. The van der Waals surface area contributed by atoms with Crippen LogP contribution in [0.1, 0.15) is 55.7 Å². The summed E-state index contributed by atoms with van der Waals surface area (Å²) in [6, 6.07) is 11.8. The highest BCUT2D eigenvalue weighted by Crippen LogP contribution is 2.29. The molecule has 1 amide bonds. The fraction of sp³-hybridized carbons (Fsp3) is 0.391. The monoisotopic (exact) mass is 397 g/mol. The zero-order valence-electron chi connectivity index (χ0n) is 17.2. The molecule has 0 radical (unpaired) electrons. The van der Waals surface area contributed by atoms with E-state index in [1.54, 1.807) is 0 Å². The maximum absolute atomic E-state index is 13.0. The van der Waals surface area contributed by atoms with Crippen LogP contribution < -0.4 is 5.32 Å². The van der Waals surface area contributed by atoms with Gasteiger partial charge in [-0.3, -0.25) is 4.79 Å². The van der Waals surface area contributed by atoms with E-state index in [-0.39, 0.29) is 18.0 Å². The zero-order chi connectivity index (χ0) is 20.4. The second kappa shape index (κ2) is 8.36. The number of hydrogen-bond acceptors (Lipinski definition) is 2. The van der Waals surface area contributed by atoms with Crippen LogP contribution in [0.4, 0.5) is 0 Å². The summed E-state index contributed by atoms with van der Waals surface area (Å²) in [5.74, 6) is 0.884. The Balaban J connectivity index is 2.17. The Bertz CT molecular complexity index is 1010. The molecule has 1 N–H and O–H groups in total. The smallest absolute Gasteiger partial charge is 0.243 e. The number of carbonyl (C=O) groups is 1. The van der Waals surface area contributed by atoms with Crippen molar-refractivity contribution >= 4 is 28.5 Å². The number of hydrogen-bond donors (Lipinski definition) is 1. The van der Waals surface area contributed by atoms with Crippen molar-refractivity contribution in [1.82, 2.24) is 14.9 Å². The Morgan fingerprint density at radius 2 is 1.86 bits per heavy atom. The van der Waals surface area contributed by atoms with Gasteiger partial charge in [-0.25, -0.2) is 4.98 Å². The number of aromatic nitrogens is 2. The topological polar surface area (TPSA) is 46.9 Å². The normalized spacial score (nSPS) is 12.5. The summed E-state index contributed by atoms with van der Waals surface area (Å²) >= 11 is 6.40. The average Bonchev–Trinajstić information content (AvgIpc) is 2.95. The van der Waals surface area contributed by atoms with Gasteiger partial charge in [-0.05, 0) is 69.0 Å². The lowest BCUT2D eigenvalue weighted by molar-refractivity contribution is -0.124. The molecule has 0 aliphatic rings. The van der Waals surface area contributed by atoms with Gasteiger partial charge in [-0.1, -0.05) is 36.7 Å². The number of carbonyl (C=O) groups excluding carboxylic acids is 1. The number of halogens is 1. The molecule has 4 nitrogen and oxygen atoms in total. The molecule has 0 saturated heterocycles. The van der Waals surface area contributed by atoms with Crippen LogP contribution in [0.15, 0.2) is 36.4 Å². The highest BCUT2D eigenvalue weighted by atomic mass is 35.5. The molecule has 0 bridgehead atoms. The molecule has 0 aliphatic carbocycles. The SMILES string of the molecule is CC[C@@H](C(=O)NC(C)C)n1c(Cc2ccccc2Cl)nc2cc(C)c(C)cc21. The van der Waals surface area contributed by atoms with Gasteiger partial charge in [-0.2, -0.15) is 0 Å². The standard InChI is InChI=1S/C23H28ClN3O/c1-6-20(23(28)25-14(2)3)27-21-12-16(5)15(4)11-19(21)26-22(27)13-17-9-7-8-10-18(17)24/h7-12,14,20H,6,13H2,1-5H3,(H,25,28)/t20-/m0/s1. The molecule has 0 aliphatic heterocycles. The van der Waals surface area contributed by atoms with Crippen molar-refractivity contribution < 1.29 is 4.79 Å². The van der Waals surface area contributed by atoms with E-state index in [9.17, 15) is 4.79 Å². The summed E-state index contributed by atoms with van der Waals surface area (Å²) in [6.07, 6.45) is 1.27. The van der Waals surface area contributed by atoms with Crippen LogP contribution in [0.2, 0.25) is 5.02 Å². The number of aryl methyl sites for hydroxylation is 2. The Labute approximate surface area is 171 Å². The quantitative estimate of drug-likeness (QED) is 0.607. The van der Waals surface area contributed by atoms with E-state index in [1.165, 1.54) is 11.1 Å². The summed E-state index contributed by atoms with van der Waals surface area (Å²) < 4.78 is 2.10. The first-order valence-corrected chi connectivity index (χ1v) is 10.2. The van der Waals surface area contributed by atoms with Crippen LogP contribution in [0.5, 0.6) is 0 Å². The number of nitrogens with one attached hydrogen (secondary N) is 1. The van der Waals surface area contributed by atoms with Crippen LogP contribution in [0, 0.1) is 13.8 Å². The minimum absolute atomic E-state index is 0.0236. The molecule has 1 aromatic heterocycles. The molecule has 0 saturated carbocycles. The van der Waals surface area contributed by atoms with Crippen LogP contribution in [-0.4, -0.2) is 21.5 Å². The molecule has 3 aromatic rings. The van der Waals surface area contributed by atoms with Gasteiger partial charge in [0.05, 0.1) is 11.0 Å². The van der Waals surface area contributed by atoms with E-state index < -0.39 is 0 Å². The number of fused-ring (bicyclic) bond motifs is 1. The van der Waals surface area contributed by atoms with E-state index in [4.69, 9.17) is 16.6 Å². The number of amides is 1. The lowest BCUT2D eigenvalue weighted by atomic mass is 10.1. The zero-order valence-corrected chi connectivity index (χ0v) is 18.0. The molecule has 5 heteroatoms. The highest BCUT2D eigenvalue weighted by Gasteiger charge is 2.25. The van der Waals surface area contributed by atoms with Crippen LogP contribution in [0.3, 0.4) is 0 Å². The second-order valence-electron chi connectivity index (χ2n) is 7.68. The molecule has 2 aromatic carbocycles. The van der Waals surface area contributed by atoms with E-state index in [0.717, 1.165) is 22.4 Å². The molecular weight excluding hydrogens is 370 g/mol. The molecule has 1 heterocycles. The Morgan fingerprint density at radius 3 is 2.50 bits per heavy atom. The predicted octanol–water partition coefficient (Wildman–Crippen LogP) is 5.37. The van der Waals surface area contributed by atoms with Crippen molar-refractivity contribution in [1.29, 1.82) is 0 Å². The fourth-order valence-electron chi connectivity index (χ4n) is 3.55. The van der Waals surface area contributed by atoms with Crippen molar-refractivity contribution in [2.24, 2.45) is 0 Å². The van der Waals surface area contributed by atoms with Crippen LogP contribution >= 0.6 is 11.6 Å². The molecule has 3 rings (SSSR count). The van der Waals surface area contributed by atoms with Crippen LogP contribution in [-0.2, 0) is 11.2 Å². The van der Waals surface area contributed by atoms with E-state index >= 15 is 0 Å². The number of nitrogens with zero attached hydrogens (tertiary/aromatic N) is 2. The molecule has 148 valence electrons. The van der Waals surface area contributed by atoms with Crippen molar-refractivity contribution in [2.45, 2.75) is 59.5 Å². The van der Waals surface area contributed by atoms with E-state index in [2.05, 4.69) is 35.9 Å². The first-order valence-electron chi connectivity index (χ1n) is 9.83. The molecular formula is C23H28ClN3O.